The van der Waals surface area contributed by atoms with Crippen molar-refractivity contribution >= 4 is 23.7 Å². The molecule has 1 aliphatic heterocycles. The molecule has 0 radical (unpaired) electrons. The molecule has 2 heterocycles. The number of amides is 4. The van der Waals surface area contributed by atoms with Crippen molar-refractivity contribution in [2.24, 2.45) is 0 Å². The van der Waals surface area contributed by atoms with Crippen molar-refractivity contribution in [3.05, 3.63) is 53.7 Å². The molecule has 170 valence electrons. The van der Waals surface area contributed by atoms with Gasteiger partial charge in [0.2, 0.25) is 0 Å². The number of urea groups is 1. The molecule has 9 nitrogen and oxygen atoms in total. The molecule has 1 aliphatic rings. The van der Waals surface area contributed by atoms with Crippen LogP contribution in [0.25, 0.3) is 0 Å². The number of aromatic nitrogens is 2. The van der Waals surface area contributed by atoms with Crippen molar-refractivity contribution in [2.75, 3.05) is 18.4 Å². The summed E-state index contributed by atoms with van der Waals surface area (Å²) in [6.07, 6.45) is 3.89. The molecule has 0 saturated carbocycles. The van der Waals surface area contributed by atoms with E-state index in [9.17, 15) is 18.8 Å². The van der Waals surface area contributed by atoms with Gasteiger partial charge >= 0.3 is 6.03 Å². The normalized spacial score (nSPS) is 14.6. The zero-order chi connectivity index (χ0) is 23.3. The maximum atomic E-state index is 13.4. The molecule has 1 fully saturated rings. The summed E-state index contributed by atoms with van der Waals surface area (Å²) in [5, 5.41) is 8.34. The molecule has 1 aromatic heterocycles. The van der Waals surface area contributed by atoms with Gasteiger partial charge in [-0.2, -0.15) is 0 Å². The Hall–Kier alpha value is -3.56. The molecule has 1 saturated heterocycles. The number of halogens is 1. The Kier molecular flexibility index (Phi) is 7.01. The zero-order valence-corrected chi connectivity index (χ0v) is 18.3. The molecule has 3 rings (SSSR count). The topological polar surface area (TPSA) is 116 Å². The van der Waals surface area contributed by atoms with Gasteiger partial charge in [-0.05, 0) is 51.8 Å². The molecule has 4 amide bonds. The van der Waals surface area contributed by atoms with Crippen LogP contribution in [0.4, 0.5) is 15.0 Å². The lowest BCUT2D eigenvalue weighted by Gasteiger charge is -2.34. The van der Waals surface area contributed by atoms with Gasteiger partial charge in [0.05, 0.1) is 0 Å². The van der Waals surface area contributed by atoms with E-state index in [1.807, 2.05) is 20.8 Å². The Morgan fingerprint density at radius 1 is 1.06 bits per heavy atom. The summed E-state index contributed by atoms with van der Waals surface area (Å²) in [6, 6.07) is 4.93. The highest BCUT2D eigenvalue weighted by Gasteiger charge is 2.27. The van der Waals surface area contributed by atoms with Gasteiger partial charge in [0.1, 0.15) is 5.82 Å². The van der Waals surface area contributed by atoms with Crippen LogP contribution >= 0.6 is 0 Å². The van der Waals surface area contributed by atoms with Crippen LogP contribution in [0.1, 0.15) is 54.5 Å². The standard InChI is InChI=1S/C22H27FN6O3/c1-22(2,3)28-21(32)29-11-7-16(8-12-29)26-20(31)17-18(25-10-9-24-17)27-19(30)14-5-4-6-15(23)13-14/h4-6,9-10,13,16H,7-8,11-12H2,1-3H3,(H,26,31)(H,28,32)(H,25,27,30). The summed E-state index contributed by atoms with van der Waals surface area (Å²) in [6.45, 7) is 6.78. The minimum absolute atomic E-state index is 0.0127. The molecule has 2 aromatic rings. The fraction of sp³-hybridized carbons (Fsp3) is 0.409. The molecule has 0 bridgehead atoms. The number of hydrogen-bond donors (Lipinski definition) is 3. The molecule has 1 aromatic carbocycles. The SMILES string of the molecule is CC(C)(C)NC(=O)N1CCC(NC(=O)c2nccnc2NC(=O)c2cccc(F)c2)CC1. The van der Waals surface area contributed by atoms with Crippen LogP contribution in [0.3, 0.4) is 0 Å². The van der Waals surface area contributed by atoms with Gasteiger partial charge in [0, 0.05) is 42.6 Å². The summed E-state index contributed by atoms with van der Waals surface area (Å²) in [7, 11) is 0. The zero-order valence-electron chi connectivity index (χ0n) is 18.3. The van der Waals surface area contributed by atoms with E-state index in [4.69, 9.17) is 0 Å². The number of anilines is 1. The van der Waals surface area contributed by atoms with Crippen LogP contribution in [0, 0.1) is 5.82 Å². The number of hydrogen-bond acceptors (Lipinski definition) is 5. The minimum Gasteiger partial charge on any atom is -0.348 e. The van der Waals surface area contributed by atoms with Crippen molar-refractivity contribution < 1.29 is 18.8 Å². The third kappa shape index (κ3) is 6.22. The summed E-state index contributed by atoms with van der Waals surface area (Å²) in [4.78, 5) is 47.3. The van der Waals surface area contributed by atoms with E-state index in [0.29, 0.717) is 25.9 Å². The maximum absolute atomic E-state index is 13.4. The third-order valence-electron chi connectivity index (χ3n) is 4.83. The van der Waals surface area contributed by atoms with Gasteiger partial charge < -0.3 is 20.9 Å². The predicted octanol–water partition coefficient (Wildman–Crippen LogP) is 2.57. The van der Waals surface area contributed by atoms with Crippen LogP contribution in [0.5, 0.6) is 0 Å². The first-order valence-corrected chi connectivity index (χ1v) is 10.4. The first-order chi connectivity index (χ1) is 15.1. The van der Waals surface area contributed by atoms with Crippen molar-refractivity contribution in [3.8, 4) is 0 Å². The molecule has 0 spiro atoms. The van der Waals surface area contributed by atoms with E-state index in [1.165, 1.54) is 30.6 Å². The van der Waals surface area contributed by atoms with Crippen LogP contribution in [-0.4, -0.2) is 57.4 Å². The number of nitrogens with zero attached hydrogens (tertiary/aromatic N) is 3. The van der Waals surface area contributed by atoms with Gasteiger partial charge in [0.25, 0.3) is 11.8 Å². The Labute approximate surface area is 185 Å². The van der Waals surface area contributed by atoms with Gasteiger partial charge in [-0.25, -0.2) is 19.2 Å². The molecule has 3 N–H and O–H groups in total. The lowest BCUT2D eigenvalue weighted by atomic mass is 10.0. The summed E-state index contributed by atoms with van der Waals surface area (Å²) >= 11 is 0. The lowest BCUT2D eigenvalue weighted by molar-refractivity contribution is 0.0913. The summed E-state index contributed by atoms with van der Waals surface area (Å²) in [5.41, 5.74) is -0.256. The van der Waals surface area contributed by atoms with E-state index in [2.05, 4.69) is 25.9 Å². The first-order valence-electron chi connectivity index (χ1n) is 10.4. The highest BCUT2D eigenvalue weighted by atomic mass is 19.1. The third-order valence-corrected chi connectivity index (χ3v) is 4.83. The molecule has 0 atom stereocenters. The number of rotatable bonds is 4. The molecule has 0 unspecified atom stereocenters. The molecular weight excluding hydrogens is 415 g/mol. The Balaban J connectivity index is 1.60. The number of carbonyl (C=O) groups excluding carboxylic acids is 3. The van der Waals surface area contributed by atoms with Gasteiger partial charge in [-0.3, -0.25) is 9.59 Å². The number of benzene rings is 1. The Bertz CT molecular complexity index is 999. The van der Waals surface area contributed by atoms with Crippen LogP contribution in [0.2, 0.25) is 0 Å². The Morgan fingerprint density at radius 2 is 1.75 bits per heavy atom. The number of piperidine rings is 1. The van der Waals surface area contributed by atoms with Gasteiger partial charge in [0.15, 0.2) is 11.5 Å². The highest BCUT2D eigenvalue weighted by molar-refractivity contribution is 6.07. The van der Waals surface area contributed by atoms with E-state index in [-0.39, 0.29) is 34.7 Å². The average Bonchev–Trinajstić information content (AvgIpc) is 2.73. The second-order valence-corrected chi connectivity index (χ2v) is 8.63. The van der Waals surface area contributed by atoms with Crippen molar-refractivity contribution in [2.45, 2.75) is 45.2 Å². The molecule has 10 heteroatoms. The summed E-state index contributed by atoms with van der Waals surface area (Å²) < 4.78 is 13.4. The molecule has 0 aliphatic carbocycles. The second-order valence-electron chi connectivity index (χ2n) is 8.63. The monoisotopic (exact) mass is 442 g/mol. The van der Waals surface area contributed by atoms with Crippen molar-refractivity contribution in [3.63, 3.8) is 0 Å². The smallest absolute Gasteiger partial charge is 0.317 e. The van der Waals surface area contributed by atoms with E-state index < -0.39 is 17.6 Å². The fourth-order valence-electron chi connectivity index (χ4n) is 3.29. The van der Waals surface area contributed by atoms with E-state index in [0.717, 1.165) is 6.07 Å². The fourth-order valence-corrected chi connectivity index (χ4v) is 3.29. The van der Waals surface area contributed by atoms with Crippen LogP contribution in [-0.2, 0) is 0 Å². The summed E-state index contributed by atoms with van der Waals surface area (Å²) in [5.74, 6) is -1.64. The van der Waals surface area contributed by atoms with Gasteiger partial charge in [-0.15, -0.1) is 0 Å². The minimum atomic E-state index is -0.600. The number of likely N-dealkylation sites (tertiary alicyclic amines) is 1. The Morgan fingerprint density at radius 3 is 2.41 bits per heavy atom. The van der Waals surface area contributed by atoms with E-state index >= 15 is 0 Å². The first kappa shape index (κ1) is 23.1. The predicted molar refractivity (Wildman–Crippen MR) is 117 cm³/mol. The number of nitrogens with one attached hydrogen (secondary N) is 3. The quantitative estimate of drug-likeness (QED) is 0.673. The van der Waals surface area contributed by atoms with Gasteiger partial charge in [-0.1, -0.05) is 6.07 Å². The molecule has 32 heavy (non-hydrogen) atoms. The van der Waals surface area contributed by atoms with Crippen LogP contribution < -0.4 is 16.0 Å². The maximum Gasteiger partial charge on any atom is 0.317 e. The van der Waals surface area contributed by atoms with Crippen LogP contribution in [0.15, 0.2) is 36.7 Å². The lowest BCUT2D eigenvalue weighted by Crippen LogP contribution is -2.53. The van der Waals surface area contributed by atoms with E-state index in [1.54, 1.807) is 4.90 Å². The molecular formula is C22H27FN6O3. The largest absolute Gasteiger partial charge is 0.348 e. The second kappa shape index (κ2) is 9.71. The highest BCUT2D eigenvalue weighted by Crippen LogP contribution is 2.15. The average molecular weight is 442 g/mol. The van der Waals surface area contributed by atoms with Crippen molar-refractivity contribution in [1.82, 2.24) is 25.5 Å². The van der Waals surface area contributed by atoms with Crippen molar-refractivity contribution in [1.29, 1.82) is 0 Å². The number of carbonyl (C=O) groups is 3.